The van der Waals surface area contributed by atoms with Crippen molar-refractivity contribution < 1.29 is 19.1 Å². The highest BCUT2D eigenvalue weighted by molar-refractivity contribution is 5.76. The summed E-state index contributed by atoms with van der Waals surface area (Å²) >= 11 is 0. The Morgan fingerprint density at radius 2 is 1.75 bits per heavy atom. The smallest absolute Gasteiger partial charge is 0.308 e. The maximum atomic E-state index is 12.0. The second-order valence-corrected chi connectivity index (χ2v) is 6.14. The van der Waals surface area contributed by atoms with Crippen LogP contribution < -0.4 is 0 Å². The van der Waals surface area contributed by atoms with E-state index in [4.69, 9.17) is 9.47 Å². The van der Waals surface area contributed by atoms with Gasteiger partial charge in [-0.2, -0.15) is 0 Å². The van der Waals surface area contributed by atoms with Gasteiger partial charge in [0, 0.05) is 0 Å². The number of carbonyl (C=O) groups is 2. The minimum Gasteiger partial charge on any atom is -0.469 e. The Morgan fingerprint density at radius 3 is 2.35 bits per heavy atom. The number of hydrogen-bond donors (Lipinski definition) is 0. The SMILES string of the molecule is COC(=O)C1CCCC(C(=O)OCCCCC(C)C)C1. The van der Waals surface area contributed by atoms with Gasteiger partial charge in [0.25, 0.3) is 0 Å². The van der Waals surface area contributed by atoms with Gasteiger partial charge < -0.3 is 9.47 Å². The molecular formula is C16H28O4. The van der Waals surface area contributed by atoms with Crippen molar-refractivity contribution in [1.82, 2.24) is 0 Å². The molecule has 4 nitrogen and oxygen atoms in total. The van der Waals surface area contributed by atoms with E-state index in [1.807, 2.05) is 0 Å². The van der Waals surface area contributed by atoms with Crippen molar-refractivity contribution in [3.05, 3.63) is 0 Å². The average molecular weight is 284 g/mol. The molecule has 0 spiro atoms. The molecule has 0 N–H and O–H groups in total. The van der Waals surface area contributed by atoms with Crippen LogP contribution in [0.1, 0.15) is 58.8 Å². The zero-order chi connectivity index (χ0) is 15.0. The maximum absolute atomic E-state index is 12.0. The molecule has 20 heavy (non-hydrogen) atoms. The fourth-order valence-electron chi connectivity index (χ4n) is 2.73. The summed E-state index contributed by atoms with van der Waals surface area (Å²) in [6, 6.07) is 0. The molecule has 1 aliphatic carbocycles. The Kier molecular flexibility index (Phi) is 7.63. The Hall–Kier alpha value is -1.06. The Morgan fingerprint density at radius 1 is 1.10 bits per heavy atom. The van der Waals surface area contributed by atoms with Gasteiger partial charge in [-0.05, 0) is 38.0 Å². The third-order valence-corrected chi connectivity index (χ3v) is 3.96. The van der Waals surface area contributed by atoms with E-state index in [0.29, 0.717) is 18.9 Å². The molecule has 1 fully saturated rings. The van der Waals surface area contributed by atoms with Gasteiger partial charge in [0.05, 0.1) is 25.6 Å². The molecule has 0 aromatic carbocycles. The number of carbonyl (C=O) groups excluding carboxylic acids is 2. The summed E-state index contributed by atoms with van der Waals surface area (Å²) in [7, 11) is 1.40. The largest absolute Gasteiger partial charge is 0.469 e. The van der Waals surface area contributed by atoms with Crippen LogP contribution in [-0.2, 0) is 19.1 Å². The van der Waals surface area contributed by atoms with Crippen LogP contribution >= 0.6 is 0 Å². The molecule has 0 aliphatic heterocycles. The van der Waals surface area contributed by atoms with E-state index in [2.05, 4.69) is 13.8 Å². The molecule has 0 amide bonds. The van der Waals surface area contributed by atoms with Gasteiger partial charge in [0.2, 0.25) is 0 Å². The fourth-order valence-corrected chi connectivity index (χ4v) is 2.73. The lowest BCUT2D eigenvalue weighted by Crippen LogP contribution is -2.29. The summed E-state index contributed by atoms with van der Waals surface area (Å²) in [5.74, 6) is 0.109. The van der Waals surface area contributed by atoms with Crippen LogP contribution in [0.15, 0.2) is 0 Å². The van der Waals surface area contributed by atoms with Crippen molar-refractivity contribution in [2.75, 3.05) is 13.7 Å². The molecule has 1 rings (SSSR count). The first-order valence-corrected chi connectivity index (χ1v) is 7.79. The standard InChI is InChI=1S/C16H28O4/c1-12(2)7-4-5-10-20-16(18)14-9-6-8-13(11-14)15(17)19-3/h12-14H,4-11H2,1-3H3. The van der Waals surface area contributed by atoms with Gasteiger partial charge in [-0.25, -0.2) is 0 Å². The molecule has 0 aromatic rings. The molecule has 0 radical (unpaired) electrons. The van der Waals surface area contributed by atoms with Crippen molar-refractivity contribution in [2.45, 2.75) is 58.8 Å². The van der Waals surface area contributed by atoms with Crippen molar-refractivity contribution in [3.63, 3.8) is 0 Å². The molecule has 0 bridgehead atoms. The summed E-state index contributed by atoms with van der Waals surface area (Å²) in [5, 5.41) is 0. The molecular weight excluding hydrogens is 256 g/mol. The summed E-state index contributed by atoms with van der Waals surface area (Å²) in [4.78, 5) is 23.5. The minimum atomic E-state index is -0.195. The Labute approximate surface area is 122 Å². The summed E-state index contributed by atoms with van der Waals surface area (Å²) < 4.78 is 10.1. The first-order chi connectivity index (χ1) is 9.54. The summed E-state index contributed by atoms with van der Waals surface area (Å²) in [6.45, 7) is 4.90. The highest BCUT2D eigenvalue weighted by Gasteiger charge is 2.32. The molecule has 0 heterocycles. The fraction of sp³-hybridized carbons (Fsp3) is 0.875. The third-order valence-electron chi connectivity index (χ3n) is 3.96. The van der Waals surface area contributed by atoms with Gasteiger partial charge >= 0.3 is 11.9 Å². The van der Waals surface area contributed by atoms with E-state index in [-0.39, 0.29) is 23.8 Å². The average Bonchev–Trinajstić information content (AvgIpc) is 2.45. The lowest BCUT2D eigenvalue weighted by Gasteiger charge is -2.25. The van der Waals surface area contributed by atoms with E-state index in [1.54, 1.807) is 0 Å². The molecule has 0 aromatic heterocycles. The highest BCUT2D eigenvalue weighted by Crippen LogP contribution is 2.30. The van der Waals surface area contributed by atoms with Gasteiger partial charge in [0.1, 0.15) is 0 Å². The number of rotatable bonds is 7. The molecule has 1 saturated carbocycles. The highest BCUT2D eigenvalue weighted by atomic mass is 16.5. The Bertz CT molecular complexity index is 312. The monoisotopic (exact) mass is 284 g/mol. The molecule has 2 atom stereocenters. The molecule has 1 aliphatic rings. The van der Waals surface area contributed by atoms with Crippen LogP contribution in [0.3, 0.4) is 0 Å². The zero-order valence-corrected chi connectivity index (χ0v) is 13.0. The predicted molar refractivity (Wildman–Crippen MR) is 77.1 cm³/mol. The van der Waals surface area contributed by atoms with Crippen LogP contribution in [0, 0.1) is 17.8 Å². The second-order valence-electron chi connectivity index (χ2n) is 6.14. The van der Waals surface area contributed by atoms with Crippen LogP contribution in [0.25, 0.3) is 0 Å². The molecule has 116 valence electrons. The van der Waals surface area contributed by atoms with Crippen LogP contribution in [0.2, 0.25) is 0 Å². The normalized spacial score (nSPS) is 22.6. The summed E-state index contributed by atoms with van der Waals surface area (Å²) in [5.41, 5.74) is 0. The van der Waals surface area contributed by atoms with Crippen molar-refractivity contribution in [2.24, 2.45) is 17.8 Å². The Balaban J connectivity index is 2.23. The predicted octanol–water partition coefficient (Wildman–Crippen LogP) is 3.34. The quantitative estimate of drug-likeness (QED) is 0.531. The summed E-state index contributed by atoms with van der Waals surface area (Å²) in [6.07, 6.45) is 6.33. The number of hydrogen-bond acceptors (Lipinski definition) is 4. The van der Waals surface area contributed by atoms with Gasteiger partial charge in [-0.15, -0.1) is 0 Å². The first kappa shape index (κ1) is 17.0. The van der Waals surface area contributed by atoms with Crippen LogP contribution in [-0.4, -0.2) is 25.7 Å². The van der Waals surface area contributed by atoms with Crippen LogP contribution in [0.4, 0.5) is 0 Å². The van der Waals surface area contributed by atoms with E-state index in [9.17, 15) is 9.59 Å². The van der Waals surface area contributed by atoms with E-state index >= 15 is 0 Å². The third kappa shape index (κ3) is 5.93. The molecule has 4 heteroatoms. The zero-order valence-electron chi connectivity index (χ0n) is 13.0. The molecule has 2 unspecified atom stereocenters. The van der Waals surface area contributed by atoms with Crippen molar-refractivity contribution in [1.29, 1.82) is 0 Å². The first-order valence-electron chi connectivity index (χ1n) is 7.79. The van der Waals surface area contributed by atoms with Gasteiger partial charge in [-0.3, -0.25) is 9.59 Å². The van der Waals surface area contributed by atoms with E-state index in [1.165, 1.54) is 13.5 Å². The maximum Gasteiger partial charge on any atom is 0.308 e. The topological polar surface area (TPSA) is 52.6 Å². The van der Waals surface area contributed by atoms with Crippen LogP contribution in [0.5, 0.6) is 0 Å². The van der Waals surface area contributed by atoms with Crippen molar-refractivity contribution in [3.8, 4) is 0 Å². The van der Waals surface area contributed by atoms with E-state index < -0.39 is 0 Å². The lowest BCUT2D eigenvalue weighted by atomic mass is 9.81. The number of unbranched alkanes of at least 4 members (excludes halogenated alkanes) is 1. The number of ether oxygens (including phenoxy) is 2. The molecule has 0 saturated heterocycles. The number of esters is 2. The lowest BCUT2D eigenvalue weighted by molar-refractivity contribution is -0.153. The number of methoxy groups -OCH3 is 1. The second kappa shape index (κ2) is 8.98. The van der Waals surface area contributed by atoms with Crippen molar-refractivity contribution >= 4 is 11.9 Å². The van der Waals surface area contributed by atoms with E-state index in [0.717, 1.165) is 32.1 Å². The van der Waals surface area contributed by atoms with Gasteiger partial charge in [0.15, 0.2) is 0 Å². The minimum absolute atomic E-state index is 0.127. The van der Waals surface area contributed by atoms with Gasteiger partial charge in [-0.1, -0.05) is 26.7 Å².